The standard InChI is InChI=1S/C19H16N2OS2/c1-12-3-6-14(7-4-12)9-21-11-20-18-17(19(21)22)15(10-23-18)16-8-5-13(2)24-16/h3-8,10-11H,9H2,1-2H3. The van der Waals surface area contributed by atoms with Gasteiger partial charge in [0.1, 0.15) is 4.83 Å². The van der Waals surface area contributed by atoms with Crippen molar-refractivity contribution in [1.29, 1.82) is 0 Å². The van der Waals surface area contributed by atoms with E-state index in [1.807, 2.05) is 5.38 Å². The van der Waals surface area contributed by atoms with Crippen LogP contribution in [-0.4, -0.2) is 9.55 Å². The van der Waals surface area contributed by atoms with Crippen LogP contribution in [0.4, 0.5) is 0 Å². The Morgan fingerprint density at radius 2 is 1.88 bits per heavy atom. The second-order valence-electron chi connectivity index (χ2n) is 5.90. The first-order valence-corrected chi connectivity index (χ1v) is 9.40. The maximum atomic E-state index is 13.0. The van der Waals surface area contributed by atoms with Crippen LogP contribution in [0.1, 0.15) is 16.0 Å². The van der Waals surface area contributed by atoms with Crippen LogP contribution in [0.3, 0.4) is 0 Å². The van der Waals surface area contributed by atoms with E-state index in [1.54, 1.807) is 22.2 Å². The minimum absolute atomic E-state index is 0.0304. The van der Waals surface area contributed by atoms with Crippen molar-refractivity contribution in [1.82, 2.24) is 9.55 Å². The first-order chi connectivity index (χ1) is 11.6. The number of aryl methyl sites for hydroxylation is 2. The molecule has 0 aliphatic carbocycles. The van der Waals surface area contributed by atoms with Crippen molar-refractivity contribution in [3.8, 4) is 10.4 Å². The number of hydrogen-bond acceptors (Lipinski definition) is 4. The molecule has 1 aromatic carbocycles. The zero-order valence-corrected chi connectivity index (χ0v) is 15.1. The maximum Gasteiger partial charge on any atom is 0.263 e. The van der Waals surface area contributed by atoms with E-state index in [4.69, 9.17) is 0 Å². The molecule has 24 heavy (non-hydrogen) atoms. The fraction of sp³-hybridized carbons (Fsp3) is 0.158. The lowest BCUT2D eigenvalue weighted by Crippen LogP contribution is -2.20. The molecule has 0 aliphatic heterocycles. The molecule has 0 unspecified atom stereocenters. The second-order valence-corrected chi connectivity index (χ2v) is 8.05. The predicted octanol–water partition coefficient (Wildman–Crippen LogP) is 4.85. The fourth-order valence-corrected chi connectivity index (χ4v) is 4.59. The van der Waals surface area contributed by atoms with E-state index in [0.717, 1.165) is 26.2 Å². The van der Waals surface area contributed by atoms with E-state index in [9.17, 15) is 4.79 Å². The third-order valence-corrected chi connectivity index (χ3v) is 5.96. The number of thiophene rings is 2. The molecule has 0 fully saturated rings. The van der Waals surface area contributed by atoms with Crippen LogP contribution >= 0.6 is 22.7 Å². The summed E-state index contributed by atoms with van der Waals surface area (Å²) in [5, 5.41) is 2.78. The van der Waals surface area contributed by atoms with Gasteiger partial charge in [0.25, 0.3) is 5.56 Å². The lowest BCUT2D eigenvalue weighted by Gasteiger charge is -2.06. The molecule has 0 aliphatic rings. The Morgan fingerprint density at radius 3 is 2.58 bits per heavy atom. The number of fused-ring (bicyclic) bond motifs is 1. The van der Waals surface area contributed by atoms with Gasteiger partial charge >= 0.3 is 0 Å². The van der Waals surface area contributed by atoms with Crippen LogP contribution in [0, 0.1) is 13.8 Å². The molecular weight excluding hydrogens is 336 g/mol. The minimum atomic E-state index is 0.0304. The van der Waals surface area contributed by atoms with Crippen molar-refractivity contribution in [3.63, 3.8) is 0 Å². The topological polar surface area (TPSA) is 34.9 Å². The van der Waals surface area contributed by atoms with Crippen molar-refractivity contribution < 1.29 is 0 Å². The number of hydrogen-bond donors (Lipinski definition) is 0. The molecule has 0 saturated carbocycles. The normalized spacial score (nSPS) is 11.2. The monoisotopic (exact) mass is 352 g/mol. The number of rotatable bonds is 3. The summed E-state index contributed by atoms with van der Waals surface area (Å²) >= 11 is 3.24. The van der Waals surface area contributed by atoms with E-state index in [1.165, 1.54) is 21.8 Å². The summed E-state index contributed by atoms with van der Waals surface area (Å²) in [6.07, 6.45) is 1.66. The largest absolute Gasteiger partial charge is 0.294 e. The Labute approximate surface area is 147 Å². The Morgan fingerprint density at radius 1 is 1.08 bits per heavy atom. The van der Waals surface area contributed by atoms with Crippen molar-refractivity contribution in [3.05, 3.63) is 74.5 Å². The number of benzene rings is 1. The Bertz CT molecular complexity index is 1070. The highest BCUT2D eigenvalue weighted by Crippen LogP contribution is 2.34. The molecule has 0 spiro atoms. The summed E-state index contributed by atoms with van der Waals surface area (Å²) in [5.41, 5.74) is 3.35. The van der Waals surface area contributed by atoms with Crippen molar-refractivity contribution in [2.75, 3.05) is 0 Å². The summed E-state index contributed by atoms with van der Waals surface area (Å²) in [6, 6.07) is 12.4. The van der Waals surface area contributed by atoms with Crippen molar-refractivity contribution >= 4 is 32.9 Å². The van der Waals surface area contributed by atoms with Crippen LogP contribution in [-0.2, 0) is 6.54 Å². The quantitative estimate of drug-likeness (QED) is 0.528. The van der Waals surface area contributed by atoms with Gasteiger partial charge in [-0.15, -0.1) is 22.7 Å². The van der Waals surface area contributed by atoms with Gasteiger partial charge in [0.15, 0.2) is 0 Å². The average Bonchev–Trinajstić information content (AvgIpc) is 3.18. The van der Waals surface area contributed by atoms with Gasteiger partial charge in [0.05, 0.1) is 18.3 Å². The average molecular weight is 352 g/mol. The SMILES string of the molecule is Cc1ccc(Cn2cnc3scc(-c4ccc(C)s4)c3c2=O)cc1. The molecule has 3 aromatic heterocycles. The van der Waals surface area contributed by atoms with Crippen LogP contribution in [0.15, 0.2) is 52.9 Å². The smallest absolute Gasteiger partial charge is 0.263 e. The molecule has 0 atom stereocenters. The Kier molecular flexibility index (Phi) is 3.82. The maximum absolute atomic E-state index is 13.0. The van der Waals surface area contributed by atoms with E-state index in [0.29, 0.717) is 6.54 Å². The molecule has 4 rings (SSSR count). The van der Waals surface area contributed by atoms with Crippen LogP contribution in [0.5, 0.6) is 0 Å². The molecule has 120 valence electrons. The van der Waals surface area contributed by atoms with Gasteiger partial charge < -0.3 is 0 Å². The van der Waals surface area contributed by atoms with Gasteiger partial charge in [-0.3, -0.25) is 9.36 Å². The van der Waals surface area contributed by atoms with Gasteiger partial charge in [-0.05, 0) is 31.5 Å². The molecule has 0 N–H and O–H groups in total. The summed E-state index contributed by atoms with van der Waals surface area (Å²) < 4.78 is 1.70. The first kappa shape index (κ1) is 15.3. The number of aromatic nitrogens is 2. The second kappa shape index (κ2) is 6.00. The molecule has 3 nitrogen and oxygen atoms in total. The molecule has 0 bridgehead atoms. The van der Waals surface area contributed by atoms with Crippen LogP contribution < -0.4 is 5.56 Å². The summed E-state index contributed by atoms with van der Waals surface area (Å²) in [7, 11) is 0. The van der Waals surface area contributed by atoms with Gasteiger partial charge in [-0.25, -0.2) is 4.98 Å². The van der Waals surface area contributed by atoms with Crippen LogP contribution in [0.25, 0.3) is 20.7 Å². The molecular formula is C19H16N2OS2. The van der Waals surface area contributed by atoms with E-state index in [-0.39, 0.29) is 5.56 Å². The Hall–Kier alpha value is -2.24. The summed E-state index contributed by atoms with van der Waals surface area (Å²) in [6.45, 7) is 4.68. The lowest BCUT2D eigenvalue weighted by atomic mass is 10.1. The summed E-state index contributed by atoms with van der Waals surface area (Å²) in [4.78, 5) is 20.7. The third-order valence-electron chi connectivity index (χ3n) is 4.04. The Balaban J connectivity index is 1.82. The third kappa shape index (κ3) is 2.70. The molecule has 0 saturated heterocycles. The molecule has 5 heteroatoms. The fourth-order valence-electron chi connectivity index (χ4n) is 2.73. The zero-order valence-electron chi connectivity index (χ0n) is 13.4. The van der Waals surface area contributed by atoms with Gasteiger partial charge in [0.2, 0.25) is 0 Å². The van der Waals surface area contributed by atoms with E-state index < -0.39 is 0 Å². The van der Waals surface area contributed by atoms with Crippen molar-refractivity contribution in [2.45, 2.75) is 20.4 Å². The van der Waals surface area contributed by atoms with Gasteiger partial charge in [-0.2, -0.15) is 0 Å². The van der Waals surface area contributed by atoms with E-state index >= 15 is 0 Å². The zero-order chi connectivity index (χ0) is 16.7. The van der Waals surface area contributed by atoms with Crippen LogP contribution in [0.2, 0.25) is 0 Å². The minimum Gasteiger partial charge on any atom is -0.294 e. The summed E-state index contributed by atoms with van der Waals surface area (Å²) in [5.74, 6) is 0. The van der Waals surface area contributed by atoms with Gasteiger partial charge in [0, 0.05) is 20.7 Å². The highest BCUT2D eigenvalue weighted by molar-refractivity contribution is 7.19. The van der Waals surface area contributed by atoms with Crippen molar-refractivity contribution in [2.24, 2.45) is 0 Å². The molecule has 0 amide bonds. The molecule has 3 heterocycles. The molecule has 4 aromatic rings. The van der Waals surface area contributed by atoms with Gasteiger partial charge in [-0.1, -0.05) is 29.8 Å². The first-order valence-electron chi connectivity index (χ1n) is 7.71. The number of nitrogens with zero attached hydrogens (tertiary/aromatic N) is 2. The highest BCUT2D eigenvalue weighted by Gasteiger charge is 2.14. The predicted molar refractivity (Wildman–Crippen MR) is 102 cm³/mol. The molecule has 0 radical (unpaired) electrons. The lowest BCUT2D eigenvalue weighted by molar-refractivity contribution is 0.749. The van der Waals surface area contributed by atoms with E-state index in [2.05, 4.69) is 55.2 Å². The highest BCUT2D eigenvalue weighted by atomic mass is 32.1.